The summed E-state index contributed by atoms with van der Waals surface area (Å²) >= 11 is 12.1. The van der Waals surface area contributed by atoms with Crippen LogP contribution in [-0.2, 0) is 9.53 Å². The Balaban J connectivity index is 2.50. The largest absolute Gasteiger partial charge is 0.468 e. The maximum absolute atomic E-state index is 11.2. The normalized spacial score (nSPS) is 10.5. The molecule has 2 rings (SSSR count). The zero-order chi connectivity index (χ0) is 14.0. The van der Waals surface area contributed by atoms with E-state index in [1.807, 2.05) is 13.0 Å². The van der Waals surface area contributed by atoms with Gasteiger partial charge < -0.3 is 10.1 Å². The molecule has 19 heavy (non-hydrogen) atoms. The van der Waals surface area contributed by atoms with Gasteiger partial charge in [-0.1, -0.05) is 23.2 Å². The number of esters is 1. The van der Waals surface area contributed by atoms with Gasteiger partial charge in [0.1, 0.15) is 6.54 Å². The van der Waals surface area contributed by atoms with Crippen LogP contribution in [0.3, 0.4) is 0 Å². The Morgan fingerprint density at radius 1 is 1.37 bits per heavy atom. The monoisotopic (exact) mass is 298 g/mol. The summed E-state index contributed by atoms with van der Waals surface area (Å²) in [6.07, 6.45) is 0. The van der Waals surface area contributed by atoms with Gasteiger partial charge in [-0.3, -0.25) is 9.78 Å². The van der Waals surface area contributed by atoms with Crippen molar-refractivity contribution in [2.75, 3.05) is 19.0 Å². The van der Waals surface area contributed by atoms with E-state index in [2.05, 4.69) is 15.0 Å². The van der Waals surface area contributed by atoms with Gasteiger partial charge in [-0.15, -0.1) is 0 Å². The number of fused-ring (bicyclic) bond motifs is 1. The highest BCUT2D eigenvalue weighted by molar-refractivity contribution is 6.38. The Bertz CT molecular complexity index is 644. The summed E-state index contributed by atoms with van der Waals surface area (Å²) in [5.41, 5.74) is 2.19. The second-order valence-electron chi connectivity index (χ2n) is 4.02. The predicted octanol–water partition coefficient (Wildman–Crippen LogP) is 3.43. The highest BCUT2D eigenvalue weighted by Gasteiger charge is 2.10. The molecule has 1 heterocycles. The average molecular weight is 299 g/mol. The predicted molar refractivity (Wildman–Crippen MR) is 77.0 cm³/mol. The second-order valence-corrected chi connectivity index (χ2v) is 4.87. The van der Waals surface area contributed by atoms with Crippen LogP contribution in [0.5, 0.6) is 0 Å². The fraction of sp³-hybridized carbons (Fsp3) is 0.231. The second kappa shape index (κ2) is 5.63. The number of nitrogens with zero attached hydrogens (tertiary/aromatic N) is 1. The van der Waals surface area contributed by atoms with Gasteiger partial charge in [-0.05, 0) is 25.1 Å². The van der Waals surface area contributed by atoms with Crippen molar-refractivity contribution in [3.63, 3.8) is 0 Å². The number of methoxy groups -OCH3 is 1. The highest BCUT2D eigenvalue weighted by Crippen LogP contribution is 2.31. The number of carbonyl (C=O) groups is 1. The minimum absolute atomic E-state index is 0.0686. The summed E-state index contributed by atoms with van der Waals surface area (Å²) in [5, 5.41) is 4.77. The van der Waals surface area contributed by atoms with Crippen LogP contribution in [0.1, 0.15) is 5.69 Å². The van der Waals surface area contributed by atoms with Gasteiger partial charge in [0.2, 0.25) is 0 Å². The molecule has 100 valence electrons. The van der Waals surface area contributed by atoms with E-state index < -0.39 is 0 Å². The molecule has 0 saturated heterocycles. The molecule has 0 aliphatic carbocycles. The van der Waals surface area contributed by atoms with Crippen LogP contribution in [-0.4, -0.2) is 24.6 Å². The minimum Gasteiger partial charge on any atom is -0.468 e. The molecule has 0 amide bonds. The average Bonchev–Trinajstić information content (AvgIpc) is 2.36. The number of rotatable bonds is 3. The number of benzene rings is 1. The number of pyridine rings is 1. The van der Waals surface area contributed by atoms with Crippen molar-refractivity contribution in [3.8, 4) is 0 Å². The Kier molecular flexibility index (Phi) is 4.12. The van der Waals surface area contributed by atoms with E-state index in [0.717, 1.165) is 16.8 Å². The van der Waals surface area contributed by atoms with Crippen molar-refractivity contribution in [3.05, 3.63) is 33.9 Å². The molecule has 0 unspecified atom stereocenters. The maximum atomic E-state index is 11.2. The first-order valence-corrected chi connectivity index (χ1v) is 6.34. The molecule has 1 aromatic carbocycles. The lowest BCUT2D eigenvalue weighted by Gasteiger charge is -2.11. The SMILES string of the molecule is COC(=O)CNc1cc(C)nc2c(Cl)cc(Cl)cc12. The van der Waals surface area contributed by atoms with Crippen LogP contribution in [0.4, 0.5) is 5.69 Å². The molecule has 2 aromatic rings. The summed E-state index contributed by atoms with van der Waals surface area (Å²) < 4.78 is 4.59. The van der Waals surface area contributed by atoms with Crippen LogP contribution in [0.15, 0.2) is 18.2 Å². The van der Waals surface area contributed by atoms with Gasteiger partial charge in [-0.2, -0.15) is 0 Å². The Labute approximate surface area is 120 Å². The molecule has 0 aliphatic heterocycles. The van der Waals surface area contributed by atoms with Crippen molar-refractivity contribution in [1.29, 1.82) is 0 Å². The Hall–Kier alpha value is -1.52. The lowest BCUT2D eigenvalue weighted by atomic mass is 10.1. The van der Waals surface area contributed by atoms with E-state index in [9.17, 15) is 4.79 Å². The molecule has 1 aromatic heterocycles. The number of anilines is 1. The first-order chi connectivity index (χ1) is 9.01. The zero-order valence-electron chi connectivity index (χ0n) is 10.5. The molecular weight excluding hydrogens is 287 g/mol. The fourth-order valence-electron chi connectivity index (χ4n) is 1.77. The van der Waals surface area contributed by atoms with Crippen LogP contribution in [0, 0.1) is 6.92 Å². The molecule has 4 nitrogen and oxygen atoms in total. The summed E-state index contributed by atoms with van der Waals surface area (Å²) in [7, 11) is 1.34. The number of aromatic nitrogens is 1. The van der Waals surface area contributed by atoms with Crippen molar-refractivity contribution >= 4 is 45.8 Å². The molecule has 0 radical (unpaired) electrons. The summed E-state index contributed by atoms with van der Waals surface area (Å²) in [4.78, 5) is 15.6. The number of nitrogens with one attached hydrogen (secondary N) is 1. The van der Waals surface area contributed by atoms with Gasteiger partial charge in [-0.25, -0.2) is 0 Å². The van der Waals surface area contributed by atoms with E-state index in [-0.39, 0.29) is 12.5 Å². The summed E-state index contributed by atoms with van der Waals surface area (Å²) in [6.45, 7) is 1.92. The van der Waals surface area contributed by atoms with Gasteiger partial charge in [0.25, 0.3) is 0 Å². The third-order valence-corrected chi connectivity index (χ3v) is 3.12. The van der Waals surface area contributed by atoms with Crippen molar-refractivity contribution in [2.45, 2.75) is 6.92 Å². The maximum Gasteiger partial charge on any atom is 0.325 e. The third-order valence-electron chi connectivity index (χ3n) is 2.61. The Morgan fingerprint density at radius 2 is 2.11 bits per heavy atom. The summed E-state index contributed by atoms with van der Waals surface area (Å²) in [6, 6.07) is 5.23. The number of ether oxygens (including phenoxy) is 1. The quantitative estimate of drug-likeness (QED) is 0.882. The molecule has 0 saturated carbocycles. The molecule has 1 N–H and O–H groups in total. The molecule has 0 atom stereocenters. The molecule has 0 bridgehead atoms. The molecule has 0 spiro atoms. The van der Waals surface area contributed by atoms with E-state index in [1.54, 1.807) is 12.1 Å². The standard InChI is InChI=1S/C13H12Cl2N2O2/c1-7-3-11(16-6-12(18)19-2)9-4-8(14)5-10(15)13(9)17-7/h3-5H,6H2,1-2H3,(H,16,17). The number of hydrogen-bond acceptors (Lipinski definition) is 4. The number of carbonyl (C=O) groups excluding carboxylic acids is 1. The van der Waals surface area contributed by atoms with Crippen LogP contribution in [0.2, 0.25) is 10.0 Å². The molecule has 0 fully saturated rings. The number of halogens is 2. The van der Waals surface area contributed by atoms with Crippen molar-refractivity contribution in [1.82, 2.24) is 4.98 Å². The van der Waals surface area contributed by atoms with Gasteiger partial charge in [0, 0.05) is 21.8 Å². The first-order valence-electron chi connectivity index (χ1n) is 5.58. The van der Waals surface area contributed by atoms with Gasteiger partial charge in [0.05, 0.1) is 17.6 Å². The smallest absolute Gasteiger partial charge is 0.325 e. The molecule has 6 heteroatoms. The van der Waals surface area contributed by atoms with E-state index in [4.69, 9.17) is 23.2 Å². The number of aryl methyl sites for hydroxylation is 1. The van der Waals surface area contributed by atoms with Crippen LogP contribution < -0.4 is 5.32 Å². The van der Waals surface area contributed by atoms with E-state index >= 15 is 0 Å². The number of hydrogen-bond donors (Lipinski definition) is 1. The van der Waals surface area contributed by atoms with Gasteiger partial charge in [0.15, 0.2) is 0 Å². The van der Waals surface area contributed by atoms with E-state index in [1.165, 1.54) is 7.11 Å². The van der Waals surface area contributed by atoms with Crippen LogP contribution in [0.25, 0.3) is 10.9 Å². The van der Waals surface area contributed by atoms with Gasteiger partial charge >= 0.3 is 5.97 Å². The zero-order valence-corrected chi connectivity index (χ0v) is 12.0. The van der Waals surface area contributed by atoms with Crippen molar-refractivity contribution < 1.29 is 9.53 Å². The topological polar surface area (TPSA) is 51.2 Å². The lowest BCUT2D eigenvalue weighted by molar-refractivity contribution is -0.138. The third kappa shape index (κ3) is 3.08. The lowest BCUT2D eigenvalue weighted by Crippen LogP contribution is -2.15. The minimum atomic E-state index is -0.351. The highest BCUT2D eigenvalue weighted by atomic mass is 35.5. The molecular formula is C13H12Cl2N2O2. The van der Waals surface area contributed by atoms with Crippen LogP contribution >= 0.6 is 23.2 Å². The fourth-order valence-corrected chi connectivity index (χ4v) is 2.30. The molecule has 0 aliphatic rings. The van der Waals surface area contributed by atoms with E-state index in [0.29, 0.717) is 15.6 Å². The first kappa shape index (κ1) is 13.9. The summed E-state index contributed by atoms with van der Waals surface area (Å²) in [5.74, 6) is -0.351. The Morgan fingerprint density at radius 3 is 2.79 bits per heavy atom. The van der Waals surface area contributed by atoms with Crippen molar-refractivity contribution in [2.24, 2.45) is 0 Å².